The number of nitrogens with zero attached hydrogens (tertiary/aromatic N) is 3. The monoisotopic (exact) mass is 479 g/mol. The van der Waals surface area contributed by atoms with Gasteiger partial charge in [-0.25, -0.2) is 21.1 Å². The maximum Gasteiger partial charge on any atom is 0.244 e. The van der Waals surface area contributed by atoms with Crippen LogP contribution in [0, 0.1) is 5.92 Å². The van der Waals surface area contributed by atoms with E-state index in [4.69, 9.17) is 4.74 Å². The molecule has 0 radical (unpaired) electrons. The van der Waals surface area contributed by atoms with Crippen LogP contribution in [-0.2, 0) is 24.8 Å². The summed E-state index contributed by atoms with van der Waals surface area (Å²) < 4.78 is 58.3. The zero-order valence-electron chi connectivity index (χ0n) is 17.8. The van der Waals surface area contributed by atoms with E-state index in [9.17, 15) is 21.6 Å². The van der Waals surface area contributed by atoms with Gasteiger partial charge < -0.3 is 9.64 Å². The molecule has 4 rings (SSSR count). The van der Waals surface area contributed by atoms with Gasteiger partial charge in [-0.2, -0.15) is 4.31 Å². The average Bonchev–Trinajstić information content (AvgIpc) is 3.00. The van der Waals surface area contributed by atoms with Crippen LogP contribution in [0.1, 0.15) is 6.92 Å². The average molecular weight is 480 g/mol. The third-order valence-corrected chi connectivity index (χ3v) is 9.52. The van der Waals surface area contributed by atoms with Gasteiger partial charge in [0.25, 0.3) is 0 Å². The van der Waals surface area contributed by atoms with E-state index in [2.05, 4.69) is 4.90 Å². The van der Waals surface area contributed by atoms with E-state index in [0.717, 1.165) is 15.7 Å². The summed E-state index contributed by atoms with van der Waals surface area (Å²) in [4.78, 5) is 14.4. The topological polar surface area (TPSA) is 104 Å². The first-order valence-electron chi connectivity index (χ1n) is 10.2. The summed E-state index contributed by atoms with van der Waals surface area (Å²) in [6.45, 7) is 3.19. The highest BCUT2D eigenvalue weighted by atomic mass is 32.2. The number of benzene rings is 2. The number of amides is 1. The molecule has 0 spiro atoms. The summed E-state index contributed by atoms with van der Waals surface area (Å²) in [6.07, 6.45) is 0. The summed E-state index contributed by atoms with van der Waals surface area (Å²) in [5.41, 5.74) is 1.07. The molecule has 2 aliphatic heterocycles. The predicted molar refractivity (Wildman–Crippen MR) is 121 cm³/mol. The van der Waals surface area contributed by atoms with Gasteiger partial charge in [-0.1, -0.05) is 19.1 Å². The lowest BCUT2D eigenvalue weighted by molar-refractivity contribution is -0.119. The number of sulfonamides is 2. The molecule has 2 fully saturated rings. The third kappa shape index (κ3) is 3.96. The molecule has 172 valence electrons. The summed E-state index contributed by atoms with van der Waals surface area (Å²) in [5.74, 6) is -0.640. The van der Waals surface area contributed by atoms with Crippen LogP contribution in [0.15, 0.2) is 53.4 Å². The maximum atomic E-state index is 13.1. The van der Waals surface area contributed by atoms with Gasteiger partial charge in [0, 0.05) is 26.2 Å². The second-order valence-electron chi connectivity index (χ2n) is 7.84. The Morgan fingerprint density at radius 2 is 1.59 bits per heavy atom. The Bertz CT molecular complexity index is 1220. The van der Waals surface area contributed by atoms with Gasteiger partial charge in [0.1, 0.15) is 5.75 Å². The molecule has 9 nitrogen and oxygen atoms in total. The first-order valence-corrected chi connectivity index (χ1v) is 13.2. The van der Waals surface area contributed by atoms with Gasteiger partial charge in [-0.3, -0.25) is 4.79 Å². The highest BCUT2D eigenvalue weighted by Crippen LogP contribution is 2.31. The van der Waals surface area contributed by atoms with Crippen molar-refractivity contribution in [3.63, 3.8) is 0 Å². The molecular weight excluding hydrogens is 454 g/mol. The van der Waals surface area contributed by atoms with Crippen LogP contribution in [0.4, 0.5) is 11.4 Å². The minimum absolute atomic E-state index is 0.0593. The summed E-state index contributed by atoms with van der Waals surface area (Å²) in [6, 6.07) is 13.0. The van der Waals surface area contributed by atoms with E-state index >= 15 is 0 Å². The Morgan fingerprint density at radius 1 is 0.969 bits per heavy atom. The third-order valence-electron chi connectivity index (χ3n) is 5.73. The van der Waals surface area contributed by atoms with Crippen molar-refractivity contribution in [2.24, 2.45) is 5.92 Å². The van der Waals surface area contributed by atoms with Crippen molar-refractivity contribution in [3.05, 3.63) is 48.5 Å². The summed E-state index contributed by atoms with van der Waals surface area (Å²) in [7, 11) is -5.89. The number of methoxy groups -OCH3 is 1. The van der Waals surface area contributed by atoms with Crippen LogP contribution in [-0.4, -0.2) is 66.1 Å². The Labute approximate surface area is 188 Å². The number of piperazine rings is 1. The molecule has 2 aliphatic rings. The van der Waals surface area contributed by atoms with E-state index in [1.807, 2.05) is 24.3 Å². The normalized spacial score (nSPS) is 21.7. The first kappa shape index (κ1) is 22.6. The number of carbonyl (C=O) groups excluding carboxylic acids is 1. The molecular formula is C21H25N3O6S2. The molecule has 2 heterocycles. The molecule has 0 aromatic heterocycles. The van der Waals surface area contributed by atoms with Gasteiger partial charge in [-0.15, -0.1) is 0 Å². The molecule has 0 N–H and O–H groups in total. The molecule has 1 amide bonds. The number of anilines is 2. The molecule has 2 saturated heterocycles. The van der Waals surface area contributed by atoms with Crippen molar-refractivity contribution >= 4 is 37.3 Å². The molecule has 0 aliphatic carbocycles. The predicted octanol–water partition coefficient (Wildman–Crippen LogP) is 1.52. The van der Waals surface area contributed by atoms with E-state index in [1.54, 1.807) is 14.0 Å². The number of rotatable bonds is 5. The zero-order valence-corrected chi connectivity index (χ0v) is 19.5. The molecule has 0 bridgehead atoms. The Morgan fingerprint density at radius 3 is 2.16 bits per heavy atom. The van der Waals surface area contributed by atoms with Crippen molar-refractivity contribution in [3.8, 4) is 5.75 Å². The lowest BCUT2D eigenvalue weighted by Gasteiger charge is -2.36. The van der Waals surface area contributed by atoms with E-state index < -0.39 is 31.9 Å². The maximum absolute atomic E-state index is 13.1. The van der Waals surface area contributed by atoms with Gasteiger partial charge >= 0.3 is 0 Å². The Balaban J connectivity index is 1.49. The van der Waals surface area contributed by atoms with E-state index in [-0.39, 0.29) is 16.3 Å². The Hall–Kier alpha value is -2.63. The van der Waals surface area contributed by atoms with Crippen molar-refractivity contribution < 1.29 is 26.4 Å². The zero-order chi connectivity index (χ0) is 23.1. The number of hydrogen-bond acceptors (Lipinski definition) is 7. The van der Waals surface area contributed by atoms with Gasteiger partial charge in [0.05, 0.1) is 35.1 Å². The van der Waals surface area contributed by atoms with Crippen LogP contribution in [0.25, 0.3) is 0 Å². The second-order valence-corrected chi connectivity index (χ2v) is 11.6. The minimum atomic E-state index is -3.75. The standard InChI is InChI=1S/C21H25N3O6S2/c1-16-15-31(26,27)24(21(16)25)17-7-9-18(10-8-17)32(28,29)23-13-11-22(12-14-23)19-5-3-4-6-20(19)30-2/h3-10,16H,11-15H2,1-2H3/t16-/m1/s1. The van der Waals surface area contributed by atoms with E-state index in [1.165, 1.54) is 28.6 Å². The minimum Gasteiger partial charge on any atom is -0.495 e. The number of para-hydroxylation sites is 2. The molecule has 2 aromatic carbocycles. The lowest BCUT2D eigenvalue weighted by Crippen LogP contribution is -2.48. The smallest absolute Gasteiger partial charge is 0.244 e. The molecule has 1 atom stereocenters. The van der Waals surface area contributed by atoms with Crippen LogP contribution in [0.2, 0.25) is 0 Å². The van der Waals surface area contributed by atoms with Crippen molar-refractivity contribution in [2.45, 2.75) is 11.8 Å². The fourth-order valence-electron chi connectivity index (χ4n) is 4.05. The molecule has 32 heavy (non-hydrogen) atoms. The highest BCUT2D eigenvalue weighted by molar-refractivity contribution is 7.94. The van der Waals surface area contributed by atoms with Crippen molar-refractivity contribution in [2.75, 3.05) is 48.2 Å². The highest BCUT2D eigenvalue weighted by Gasteiger charge is 2.42. The molecule has 0 unspecified atom stereocenters. The van der Waals surface area contributed by atoms with E-state index in [0.29, 0.717) is 26.2 Å². The fraction of sp³-hybridized carbons (Fsp3) is 0.381. The van der Waals surface area contributed by atoms with Gasteiger partial charge in [0.15, 0.2) is 0 Å². The SMILES string of the molecule is COc1ccccc1N1CCN(S(=O)(=O)c2ccc(N3C(=O)[C@H](C)CS3(=O)=O)cc2)CC1. The molecule has 2 aromatic rings. The summed E-state index contributed by atoms with van der Waals surface area (Å²) >= 11 is 0. The Kier molecular flexibility index (Phi) is 5.91. The summed E-state index contributed by atoms with van der Waals surface area (Å²) in [5, 5.41) is 0. The first-order chi connectivity index (χ1) is 15.1. The van der Waals surface area contributed by atoms with Gasteiger partial charge in [-0.05, 0) is 36.4 Å². The molecule has 0 saturated carbocycles. The number of carbonyl (C=O) groups is 1. The van der Waals surface area contributed by atoms with Crippen molar-refractivity contribution in [1.82, 2.24) is 4.31 Å². The lowest BCUT2D eigenvalue weighted by atomic mass is 10.2. The van der Waals surface area contributed by atoms with Gasteiger partial charge in [0.2, 0.25) is 26.0 Å². The second kappa shape index (κ2) is 8.38. The van der Waals surface area contributed by atoms with Crippen LogP contribution < -0.4 is 13.9 Å². The number of ether oxygens (including phenoxy) is 1. The van der Waals surface area contributed by atoms with Crippen LogP contribution >= 0.6 is 0 Å². The van der Waals surface area contributed by atoms with Crippen LogP contribution in [0.5, 0.6) is 5.75 Å². The number of hydrogen-bond donors (Lipinski definition) is 0. The molecule has 11 heteroatoms. The van der Waals surface area contributed by atoms with Crippen molar-refractivity contribution in [1.29, 1.82) is 0 Å². The quantitative estimate of drug-likeness (QED) is 0.640. The van der Waals surface area contributed by atoms with Crippen LogP contribution in [0.3, 0.4) is 0 Å². The largest absolute Gasteiger partial charge is 0.495 e. The fourth-order valence-corrected chi connectivity index (χ4v) is 7.29.